The van der Waals surface area contributed by atoms with E-state index in [-0.39, 0.29) is 13.1 Å². The second-order valence-electron chi connectivity index (χ2n) is 3.42. The van der Waals surface area contributed by atoms with Crippen LogP contribution < -0.4 is 5.32 Å². The lowest BCUT2D eigenvalue weighted by Gasteiger charge is -2.36. The van der Waals surface area contributed by atoms with E-state index in [9.17, 15) is 14.4 Å². The van der Waals surface area contributed by atoms with Crippen LogP contribution in [0.3, 0.4) is 0 Å². The highest BCUT2D eigenvalue weighted by Crippen LogP contribution is 2.10. The summed E-state index contributed by atoms with van der Waals surface area (Å²) in [6.45, 7) is -0.0521. The van der Waals surface area contributed by atoms with Crippen molar-refractivity contribution < 1.29 is 29.7 Å². The molecule has 1 saturated heterocycles. The zero-order valence-corrected chi connectivity index (χ0v) is 8.29. The van der Waals surface area contributed by atoms with E-state index >= 15 is 0 Å². The van der Waals surface area contributed by atoms with Gasteiger partial charge in [0, 0.05) is 13.1 Å². The number of carboxylic acids is 3. The van der Waals surface area contributed by atoms with Crippen LogP contribution in [0.2, 0.25) is 0 Å². The molecule has 2 unspecified atom stereocenters. The fourth-order valence-electron chi connectivity index (χ4n) is 1.70. The van der Waals surface area contributed by atoms with Gasteiger partial charge in [-0.25, -0.2) is 0 Å². The SMILES string of the molecule is O=C(O)CN1CCNC(C(=O)O)C1C(=O)O. The molecular weight excluding hydrogens is 220 g/mol. The number of hydrogen-bond donors (Lipinski definition) is 4. The van der Waals surface area contributed by atoms with Crippen molar-refractivity contribution in [3.8, 4) is 0 Å². The van der Waals surface area contributed by atoms with Crippen LogP contribution in [0.4, 0.5) is 0 Å². The first-order valence-electron chi connectivity index (χ1n) is 4.58. The molecule has 8 nitrogen and oxygen atoms in total. The van der Waals surface area contributed by atoms with E-state index in [4.69, 9.17) is 15.3 Å². The zero-order chi connectivity index (χ0) is 12.3. The van der Waals surface area contributed by atoms with Gasteiger partial charge in [-0.15, -0.1) is 0 Å². The van der Waals surface area contributed by atoms with E-state index in [1.54, 1.807) is 0 Å². The number of carboxylic acid groups (broad SMARTS) is 3. The van der Waals surface area contributed by atoms with Crippen molar-refractivity contribution in [1.82, 2.24) is 10.2 Å². The molecule has 0 saturated carbocycles. The number of aliphatic carboxylic acids is 3. The maximum absolute atomic E-state index is 10.9. The van der Waals surface area contributed by atoms with Crippen LogP contribution in [-0.4, -0.2) is 69.8 Å². The van der Waals surface area contributed by atoms with Gasteiger partial charge < -0.3 is 20.6 Å². The largest absolute Gasteiger partial charge is 0.480 e. The van der Waals surface area contributed by atoms with E-state index in [1.807, 2.05) is 0 Å². The van der Waals surface area contributed by atoms with Gasteiger partial charge in [-0.2, -0.15) is 0 Å². The molecule has 2 atom stereocenters. The molecule has 1 aliphatic rings. The topological polar surface area (TPSA) is 127 Å². The summed E-state index contributed by atoms with van der Waals surface area (Å²) in [4.78, 5) is 33.4. The van der Waals surface area contributed by atoms with E-state index in [0.29, 0.717) is 0 Å². The van der Waals surface area contributed by atoms with Gasteiger partial charge in [-0.05, 0) is 0 Å². The average molecular weight is 232 g/mol. The molecule has 0 aromatic carbocycles. The Labute approximate surface area is 90.5 Å². The molecule has 0 bridgehead atoms. The van der Waals surface area contributed by atoms with Crippen LogP contribution in [0.5, 0.6) is 0 Å². The third-order valence-electron chi connectivity index (χ3n) is 2.33. The Morgan fingerprint density at radius 3 is 2.25 bits per heavy atom. The summed E-state index contributed by atoms with van der Waals surface area (Å²) < 4.78 is 0. The summed E-state index contributed by atoms with van der Waals surface area (Å²) in [7, 11) is 0. The second-order valence-corrected chi connectivity index (χ2v) is 3.42. The van der Waals surface area contributed by atoms with E-state index < -0.39 is 36.5 Å². The van der Waals surface area contributed by atoms with Crippen molar-refractivity contribution in [3.05, 3.63) is 0 Å². The Hall–Kier alpha value is -1.67. The molecule has 8 heteroatoms. The van der Waals surface area contributed by atoms with Crippen LogP contribution >= 0.6 is 0 Å². The summed E-state index contributed by atoms with van der Waals surface area (Å²) in [5, 5.41) is 28.8. The molecule has 1 heterocycles. The van der Waals surface area contributed by atoms with E-state index in [0.717, 1.165) is 4.90 Å². The van der Waals surface area contributed by atoms with Crippen LogP contribution in [0, 0.1) is 0 Å². The molecule has 90 valence electrons. The van der Waals surface area contributed by atoms with Crippen molar-refractivity contribution in [1.29, 1.82) is 0 Å². The number of nitrogens with zero attached hydrogens (tertiary/aromatic N) is 1. The standard InChI is InChI=1S/C8H12N2O6/c11-4(12)3-10-2-1-9-5(7(13)14)6(10)8(15)16/h5-6,9H,1-3H2,(H,11,12)(H,13,14)(H,15,16). The summed E-state index contributed by atoms with van der Waals surface area (Å²) in [6.07, 6.45) is 0. The average Bonchev–Trinajstić information content (AvgIpc) is 2.15. The summed E-state index contributed by atoms with van der Waals surface area (Å²) in [5.74, 6) is -3.83. The molecule has 0 amide bonds. The molecule has 0 aromatic heterocycles. The minimum atomic E-state index is -1.36. The molecule has 0 aliphatic carbocycles. The molecule has 1 fully saturated rings. The minimum absolute atomic E-state index is 0.188. The second kappa shape index (κ2) is 4.90. The number of carbonyl (C=O) groups is 3. The highest BCUT2D eigenvalue weighted by molar-refractivity contribution is 5.86. The number of piperazine rings is 1. The van der Waals surface area contributed by atoms with Crippen molar-refractivity contribution in [2.75, 3.05) is 19.6 Å². The zero-order valence-electron chi connectivity index (χ0n) is 8.29. The van der Waals surface area contributed by atoms with Gasteiger partial charge in [0.2, 0.25) is 0 Å². The number of rotatable bonds is 4. The normalized spacial score (nSPS) is 26.2. The first-order valence-corrected chi connectivity index (χ1v) is 4.58. The quantitative estimate of drug-likeness (QED) is 0.433. The lowest BCUT2D eigenvalue weighted by atomic mass is 10.0. The minimum Gasteiger partial charge on any atom is -0.480 e. The van der Waals surface area contributed by atoms with Crippen molar-refractivity contribution in [2.45, 2.75) is 12.1 Å². The Morgan fingerprint density at radius 1 is 1.19 bits per heavy atom. The van der Waals surface area contributed by atoms with Crippen LogP contribution in [0.15, 0.2) is 0 Å². The molecule has 16 heavy (non-hydrogen) atoms. The maximum atomic E-state index is 10.9. The summed E-state index contributed by atoms with van der Waals surface area (Å²) in [6, 6.07) is -2.65. The van der Waals surface area contributed by atoms with Gasteiger partial charge in [0.1, 0.15) is 12.1 Å². The van der Waals surface area contributed by atoms with Crippen LogP contribution in [0.25, 0.3) is 0 Å². The molecule has 1 rings (SSSR count). The van der Waals surface area contributed by atoms with Gasteiger partial charge in [-0.1, -0.05) is 0 Å². The maximum Gasteiger partial charge on any atom is 0.323 e. The molecule has 0 spiro atoms. The fourth-order valence-corrected chi connectivity index (χ4v) is 1.70. The van der Waals surface area contributed by atoms with Gasteiger partial charge in [0.25, 0.3) is 0 Å². The molecule has 0 aromatic rings. The predicted octanol–water partition coefficient (Wildman–Crippen LogP) is -2.12. The lowest BCUT2D eigenvalue weighted by Crippen LogP contribution is -2.64. The highest BCUT2D eigenvalue weighted by atomic mass is 16.4. The number of hydrogen-bond acceptors (Lipinski definition) is 5. The number of nitrogens with one attached hydrogen (secondary N) is 1. The van der Waals surface area contributed by atoms with Crippen LogP contribution in [0.1, 0.15) is 0 Å². The van der Waals surface area contributed by atoms with Crippen molar-refractivity contribution >= 4 is 17.9 Å². The van der Waals surface area contributed by atoms with Gasteiger partial charge in [-0.3, -0.25) is 19.3 Å². The predicted molar refractivity (Wildman–Crippen MR) is 50.1 cm³/mol. The third kappa shape index (κ3) is 2.67. The van der Waals surface area contributed by atoms with Gasteiger partial charge >= 0.3 is 17.9 Å². The molecule has 1 aliphatic heterocycles. The summed E-state index contributed by atoms with van der Waals surface area (Å²) in [5.41, 5.74) is 0. The smallest absolute Gasteiger partial charge is 0.323 e. The van der Waals surface area contributed by atoms with E-state index in [1.165, 1.54) is 0 Å². The fraction of sp³-hybridized carbons (Fsp3) is 0.625. The molecule has 4 N–H and O–H groups in total. The Bertz CT molecular complexity index is 318. The van der Waals surface area contributed by atoms with E-state index in [2.05, 4.69) is 5.32 Å². The third-order valence-corrected chi connectivity index (χ3v) is 2.33. The summed E-state index contributed by atoms with van der Waals surface area (Å²) >= 11 is 0. The molecule has 0 radical (unpaired) electrons. The van der Waals surface area contributed by atoms with Crippen molar-refractivity contribution in [2.24, 2.45) is 0 Å². The van der Waals surface area contributed by atoms with Gasteiger partial charge in [0.05, 0.1) is 6.54 Å². The Balaban J connectivity index is 2.86. The van der Waals surface area contributed by atoms with Crippen LogP contribution in [-0.2, 0) is 14.4 Å². The molecular formula is C8H12N2O6. The van der Waals surface area contributed by atoms with Crippen molar-refractivity contribution in [3.63, 3.8) is 0 Å². The Morgan fingerprint density at radius 2 is 1.81 bits per heavy atom. The first-order chi connectivity index (χ1) is 7.43. The van der Waals surface area contributed by atoms with Gasteiger partial charge in [0.15, 0.2) is 0 Å². The Kier molecular flexibility index (Phi) is 3.80. The lowest BCUT2D eigenvalue weighted by molar-refractivity contribution is -0.156. The highest BCUT2D eigenvalue weighted by Gasteiger charge is 2.41. The first kappa shape index (κ1) is 12.4. The monoisotopic (exact) mass is 232 g/mol.